The Morgan fingerprint density at radius 3 is 2.90 bits per heavy atom. The van der Waals surface area contributed by atoms with Crippen molar-refractivity contribution in [2.75, 3.05) is 13.2 Å². The maximum Gasteiger partial charge on any atom is 0.128 e. The van der Waals surface area contributed by atoms with Crippen molar-refractivity contribution in [3.05, 3.63) is 28.3 Å². The average Bonchev–Trinajstić information content (AvgIpc) is 2.41. The number of aliphatic hydroxyl groups is 1. The zero-order chi connectivity index (χ0) is 14.3. The lowest BCUT2D eigenvalue weighted by Crippen LogP contribution is -2.51. The van der Waals surface area contributed by atoms with E-state index in [1.54, 1.807) is 0 Å². The normalized spacial score (nSPS) is 30.7. The Hall–Kier alpha value is -0.770. The van der Waals surface area contributed by atoms with Crippen LogP contribution in [0.4, 0.5) is 0 Å². The second-order valence-electron chi connectivity index (χ2n) is 6.05. The first kappa shape index (κ1) is 14.2. The van der Waals surface area contributed by atoms with Gasteiger partial charge in [-0.25, -0.2) is 0 Å². The predicted molar refractivity (Wildman–Crippen MR) is 80.5 cm³/mol. The number of nitrogens with zero attached hydrogens (tertiary/aromatic N) is 1. The van der Waals surface area contributed by atoms with Crippen molar-refractivity contribution in [1.82, 2.24) is 4.90 Å². The largest absolute Gasteiger partial charge is 0.491 e. The molecule has 110 valence electrons. The van der Waals surface area contributed by atoms with E-state index in [1.165, 1.54) is 19.3 Å². The maximum atomic E-state index is 10.8. The van der Waals surface area contributed by atoms with Crippen LogP contribution in [0.15, 0.2) is 12.1 Å². The molecule has 0 spiro atoms. The minimum absolute atomic E-state index is 0.0377. The lowest BCUT2D eigenvalue weighted by molar-refractivity contribution is -0.0248. The van der Waals surface area contributed by atoms with Crippen LogP contribution in [0.2, 0.25) is 5.02 Å². The summed E-state index contributed by atoms with van der Waals surface area (Å²) in [5.74, 6) is 0.808. The van der Waals surface area contributed by atoms with E-state index in [0.29, 0.717) is 17.7 Å². The van der Waals surface area contributed by atoms with Crippen LogP contribution in [-0.4, -0.2) is 35.2 Å². The van der Waals surface area contributed by atoms with Crippen molar-refractivity contribution < 1.29 is 9.84 Å². The highest BCUT2D eigenvalue weighted by Gasteiger charge is 2.37. The molecule has 3 unspecified atom stereocenters. The van der Waals surface area contributed by atoms with E-state index >= 15 is 0 Å². The van der Waals surface area contributed by atoms with Crippen molar-refractivity contribution in [1.29, 1.82) is 0 Å². The van der Waals surface area contributed by atoms with Gasteiger partial charge in [-0.1, -0.05) is 18.0 Å². The number of fused-ring (bicyclic) bond motifs is 1. The second-order valence-corrected chi connectivity index (χ2v) is 6.48. The molecule has 0 amide bonds. The predicted octanol–water partition coefficient (Wildman–Crippen LogP) is 3.32. The number of likely N-dealkylation sites (tertiary alicyclic amines) is 1. The molecule has 3 nitrogen and oxygen atoms in total. The number of hydrogen-bond donors (Lipinski definition) is 1. The first-order valence-electron chi connectivity index (χ1n) is 7.44. The Balaban J connectivity index is 1.90. The Labute approximate surface area is 125 Å². The first-order chi connectivity index (χ1) is 9.58. The molecule has 4 heteroatoms. The van der Waals surface area contributed by atoms with Crippen LogP contribution in [0.1, 0.15) is 43.4 Å². The lowest BCUT2D eigenvalue weighted by Gasteiger charge is -2.43. The highest BCUT2D eigenvalue weighted by atomic mass is 35.5. The van der Waals surface area contributed by atoms with Gasteiger partial charge in [0.25, 0.3) is 0 Å². The molecule has 2 heterocycles. The molecular weight excluding hydrogens is 274 g/mol. The SMILES string of the molecule is Cc1cc(Cl)cc2c1OCC(N1CCCCC1C)C2O. The Kier molecular flexibility index (Phi) is 3.93. The van der Waals surface area contributed by atoms with E-state index in [1.807, 2.05) is 19.1 Å². The van der Waals surface area contributed by atoms with Gasteiger partial charge in [-0.15, -0.1) is 0 Å². The fourth-order valence-corrected chi connectivity index (χ4v) is 3.81. The van der Waals surface area contributed by atoms with E-state index in [4.69, 9.17) is 16.3 Å². The van der Waals surface area contributed by atoms with Crippen LogP contribution < -0.4 is 4.74 Å². The number of halogens is 1. The molecule has 1 fully saturated rings. The van der Waals surface area contributed by atoms with E-state index < -0.39 is 6.10 Å². The molecule has 0 aromatic heterocycles. The van der Waals surface area contributed by atoms with Crippen LogP contribution >= 0.6 is 11.6 Å². The molecule has 2 aliphatic heterocycles. The highest BCUT2D eigenvalue weighted by Crippen LogP contribution is 2.39. The number of hydrogen-bond acceptors (Lipinski definition) is 3. The summed E-state index contributed by atoms with van der Waals surface area (Å²) in [6.45, 7) is 5.81. The van der Waals surface area contributed by atoms with Crippen LogP contribution in [0.3, 0.4) is 0 Å². The summed E-state index contributed by atoms with van der Waals surface area (Å²) in [5.41, 5.74) is 1.83. The van der Waals surface area contributed by atoms with E-state index in [9.17, 15) is 5.11 Å². The van der Waals surface area contributed by atoms with Gasteiger partial charge in [0.1, 0.15) is 18.5 Å². The third-order valence-electron chi connectivity index (χ3n) is 4.63. The van der Waals surface area contributed by atoms with Gasteiger partial charge in [-0.05, 0) is 50.9 Å². The molecule has 0 bridgehead atoms. The minimum atomic E-state index is -0.517. The van der Waals surface area contributed by atoms with Crippen LogP contribution in [-0.2, 0) is 0 Å². The maximum absolute atomic E-state index is 10.8. The second kappa shape index (κ2) is 5.55. The average molecular weight is 296 g/mol. The number of ether oxygens (including phenoxy) is 1. The fourth-order valence-electron chi connectivity index (χ4n) is 3.53. The molecule has 0 saturated carbocycles. The summed E-state index contributed by atoms with van der Waals surface area (Å²) in [4.78, 5) is 2.40. The molecule has 1 N–H and O–H groups in total. The third kappa shape index (κ3) is 2.43. The fraction of sp³-hybridized carbons (Fsp3) is 0.625. The van der Waals surface area contributed by atoms with Gasteiger partial charge in [0, 0.05) is 16.6 Å². The molecule has 2 aliphatic rings. The number of aryl methyl sites for hydroxylation is 1. The molecule has 1 aromatic rings. The van der Waals surface area contributed by atoms with Crippen molar-refractivity contribution in [2.45, 2.75) is 51.3 Å². The van der Waals surface area contributed by atoms with Crippen molar-refractivity contribution in [3.63, 3.8) is 0 Å². The van der Waals surface area contributed by atoms with Crippen LogP contribution in [0, 0.1) is 6.92 Å². The zero-order valence-electron chi connectivity index (χ0n) is 12.1. The van der Waals surface area contributed by atoms with Crippen LogP contribution in [0.5, 0.6) is 5.75 Å². The van der Waals surface area contributed by atoms with Gasteiger partial charge in [0.05, 0.1) is 6.04 Å². The Morgan fingerprint density at radius 2 is 2.15 bits per heavy atom. The molecule has 1 saturated heterocycles. The Morgan fingerprint density at radius 1 is 1.35 bits per heavy atom. The highest BCUT2D eigenvalue weighted by molar-refractivity contribution is 6.30. The van der Waals surface area contributed by atoms with Crippen molar-refractivity contribution >= 4 is 11.6 Å². The van der Waals surface area contributed by atoms with Gasteiger partial charge in [0.2, 0.25) is 0 Å². The third-order valence-corrected chi connectivity index (χ3v) is 4.85. The summed E-state index contributed by atoms with van der Waals surface area (Å²) in [7, 11) is 0. The number of benzene rings is 1. The van der Waals surface area contributed by atoms with E-state index in [-0.39, 0.29) is 6.04 Å². The molecular formula is C16H22ClNO2. The molecule has 1 aromatic carbocycles. The number of rotatable bonds is 1. The molecule has 20 heavy (non-hydrogen) atoms. The molecule has 0 aliphatic carbocycles. The lowest BCUT2D eigenvalue weighted by atomic mass is 9.92. The summed E-state index contributed by atoms with van der Waals surface area (Å²) in [5, 5.41) is 11.4. The molecule has 3 atom stereocenters. The summed E-state index contributed by atoms with van der Waals surface area (Å²) >= 11 is 6.13. The summed E-state index contributed by atoms with van der Waals surface area (Å²) in [6, 6.07) is 4.27. The van der Waals surface area contributed by atoms with Gasteiger partial charge in [-0.3, -0.25) is 4.90 Å². The quantitative estimate of drug-likeness (QED) is 0.863. The molecule has 3 rings (SSSR count). The number of piperidine rings is 1. The topological polar surface area (TPSA) is 32.7 Å². The van der Waals surface area contributed by atoms with E-state index in [2.05, 4.69) is 11.8 Å². The van der Waals surface area contributed by atoms with Crippen molar-refractivity contribution in [3.8, 4) is 5.75 Å². The van der Waals surface area contributed by atoms with Gasteiger partial charge >= 0.3 is 0 Å². The minimum Gasteiger partial charge on any atom is -0.491 e. The number of aliphatic hydroxyl groups excluding tert-OH is 1. The van der Waals surface area contributed by atoms with Crippen LogP contribution in [0.25, 0.3) is 0 Å². The smallest absolute Gasteiger partial charge is 0.128 e. The summed E-state index contributed by atoms with van der Waals surface area (Å²) < 4.78 is 5.93. The Bertz CT molecular complexity index is 505. The summed E-state index contributed by atoms with van der Waals surface area (Å²) in [6.07, 6.45) is 3.17. The monoisotopic (exact) mass is 295 g/mol. The molecule has 0 radical (unpaired) electrons. The standard InChI is InChI=1S/C16H22ClNO2/c1-10-7-12(17)8-13-15(19)14(9-20-16(10)13)18-6-4-3-5-11(18)2/h7-8,11,14-15,19H,3-6,9H2,1-2H3. The first-order valence-corrected chi connectivity index (χ1v) is 7.82. The van der Waals surface area contributed by atoms with Crippen molar-refractivity contribution in [2.24, 2.45) is 0 Å². The van der Waals surface area contributed by atoms with E-state index in [0.717, 1.165) is 23.4 Å². The van der Waals surface area contributed by atoms with Gasteiger partial charge in [-0.2, -0.15) is 0 Å². The zero-order valence-corrected chi connectivity index (χ0v) is 12.9. The van der Waals surface area contributed by atoms with Gasteiger partial charge < -0.3 is 9.84 Å². The van der Waals surface area contributed by atoms with Gasteiger partial charge in [0.15, 0.2) is 0 Å².